The second-order valence-electron chi connectivity index (χ2n) is 7.90. The number of nitrogens with zero attached hydrogens (tertiary/aromatic N) is 1. The van der Waals surface area contributed by atoms with Gasteiger partial charge in [-0.3, -0.25) is 9.59 Å². The Balaban J connectivity index is 1.27. The molecule has 2 amide bonds. The van der Waals surface area contributed by atoms with E-state index in [2.05, 4.69) is 17.4 Å². The van der Waals surface area contributed by atoms with Crippen molar-refractivity contribution >= 4 is 29.3 Å². The summed E-state index contributed by atoms with van der Waals surface area (Å²) in [7, 11) is 0. The Hall–Kier alpha value is -2.47. The lowest BCUT2D eigenvalue weighted by atomic mass is 9.90. The maximum absolute atomic E-state index is 12.9. The van der Waals surface area contributed by atoms with Crippen LogP contribution < -0.4 is 10.1 Å². The molecule has 158 valence electrons. The van der Waals surface area contributed by atoms with E-state index in [4.69, 9.17) is 4.74 Å². The molecule has 1 fully saturated rings. The van der Waals surface area contributed by atoms with E-state index in [1.807, 2.05) is 42.2 Å². The van der Waals surface area contributed by atoms with E-state index in [-0.39, 0.29) is 11.8 Å². The minimum Gasteiger partial charge on any atom is -0.494 e. The van der Waals surface area contributed by atoms with Gasteiger partial charge in [0.2, 0.25) is 5.91 Å². The van der Waals surface area contributed by atoms with Gasteiger partial charge in [-0.25, -0.2) is 0 Å². The molecule has 0 atom stereocenters. The highest BCUT2D eigenvalue weighted by Crippen LogP contribution is 2.32. The van der Waals surface area contributed by atoms with Crippen LogP contribution in [0.25, 0.3) is 0 Å². The van der Waals surface area contributed by atoms with E-state index in [1.165, 1.54) is 17.3 Å². The van der Waals surface area contributed by atoms with Crippen LogP contribution >= 0.6 is 11.8 Å². The summed E-state index contributed by atoms with van der Waals surface area (Å²) in [6.45, 7) is 4.28. The zero-order valence-corrected chi connectivity index (χ0v) is 18.2. The Morgan fingerprint density at radius 2 is 1.93 bits per heavy atom. The number of amides is 2. The van der Waals surface area contributed by atoms with Crippen molar-refractivity contribution in [1.82, 2.24) is 4.90 Å². The van der Waals surface area contributed by atoms with Gasteiger partial charge in [0.15, 0.2) is 0 Å². The molecule has 0 unspecified atom stereocenters. The molecule has 0 radical (unpaired) electrons. The minimum absolute atomic E-state index is 0.00885. The molecule has 0 saturated carbocycles. The van der Waals surface area contributed by atoms with E-state index >= 15 is 0 Å². The number of piperidine rings is 1. The first-order valence-corrected chi connectivity index (χ1v) is 11.7. The summed E-state index contributed by atoms with van der Waals surface area (Å²) in [5, 5.41) is 2.87. The summed E-state index contributed by atoms with van der Waals surface area (Å²) in [6, 6.07) is 14.0. The number of anilines is 1. The van der Waals surface area contributed by atoms with Crippen LogP contribution in [-0.4, -0.2) is 42.2 Å². The predicted molar refractivity (Wildman–Crippen MR) is 120 cm³/mol. The number of hydrogen-bond donors (Lipinski definition) is 1. The van der Waals surface area contributed by atoms with Crippen LogP contribution in [0.1, 0.15) is 42.1 Å². The summed E-state index contributed by atoms with van der Waals surface area (Å²) in [6.07, 6.45) is 4.30. The van der Waals surface area contributed by atoms with Gasteiger partial charge in [0, 0.05) is 23.5 Å². The van der Waals surface area contributed by atoms with Crippen molar-refractivity contribution in [3.05, 3.63) is 53.6 Å². The SMILES string of the molecule is CCOc1ccc(CCC2CCN(C(=O)c3ccc4c(c3)NC(=O)CS4)CC2)cc1. The van der Waals surface area contributed by atoms with Gasteiger partial charge < -0.3 is 15.0 Å². The number of hydrogen-bond acceptors (Lipinski definition) is 4. The number of likely N-dealkylation sites (tertiary alicyclic amines) is 1. The third-order valence-corrected chi connectivity index (χ3v) is 6.91. The number of fused-ring (bicyclic) bond motifs is 1. The number of benzene rings is 2. The first-order valence-electron chi connectivity index (χ1n) is 10.7. The Morgan fingerprint density at radius 3 is 2.67 bits per heavy atom. The van der Waals surface area contributed by atoms with Gasteiger partial charge in [-0.1, -0.05) is 12.1 Å². The zero-order valence-electron chi connectivity index (χ0n) is 17.4. The van der Waals surface area contributed by atoms with Gasteiger partial charge in [-0.05, 0) is 74.4 Å². The van der Waals surface area contributed by atoms with Gasteiger partial charge in [-0.15, -0.1) is 11.8 Å². The number of nitrogens with one attached hydrogen (secondary N) is 1. The zero-order chi connectivity index (χ0) is 20.9. The number of aryl methyl sites for hydroxylation is 1. The summed E-state index contributed by atoms with van der Waals surface area (Å²) in [4.78, 5) is 27.5. The molecule has 2 heterocycles. The molecular formula is C24H28N2O3S. The summed E-state index contributed by atoms with van der Waals surface area (Å²) in [5.74, 6) is 2.07. The maximum atomic E-state index is 12.9. The molecule has 0 aromatic heterocycles. The van der Waals surface area contributed by atoms with Gasteiger partial charge in [0.25, 0.3) is 5.91 Å². The highest BCUT2D eigenvalue weighted by Gasteiger charge is 2.25. The molecule has 5 nitrogen and oxygen atoms in total. The van der Waals surface area contributed by atoms with E-state index in [9.17, 15) is 9.59 Å². The lowest BCUT2D eigenvalue weighted by molar-refractivity contribution is -0.113. The summed E-state index contributed by atoms with van der Waals surface area (Å²) in [5.41, 5.74) is 2.75. The molecule has 2 aliphatic rings. The van der Waals surface area contributed by atoms with Crippen molar-refractivity contribution in [2.24, 2.45) is 5.92 Å². The fraction of sp³-hybridized carbons (Fsp3) is 0.417. The fourth-order valence-corrected chi connectivity index (χ4v) is 4.90. The molecule has 1 saturated heterocycles. The monoisotopic (exact) mass is 424 g/mol. The Kier molecular flexibility index (Phi) is 6.62. The van der Waals surface area contributed by atoms with Crippen molar-refractivity contribution in [3.63, 3.8) is 0 Å². The maximum Gasteiger partial charge on any atom is 0.253 e. The van der Waals surface area contributed by atoms with Gasteiger partial charge in [-0.2, -0.15) is 0 Å². The number of carbonyl (C=O) groups is 2. The highest BCUT2D eigenvalue weighted by molar-refractivity contribution is 8.00. The molecule has 0 aliphatic carbocycles. The average Bonchev–Trinajstić information content (AvgIpc) is 2.78. The second-order valence-corrected chi connectivity index (χ2v) is 8.92. The normalized spacial score (nSPS) is 16.7. The topological polar surface area (TPSA) is 58.6 Å². The number of carbonyl (C=O) groups excluding carboxylic acids is 2. The van der Waals surface area contributed by atoms with Gasteiger partial charge in [0.1, 0.15) is 5.75 Å². The Morgan fingerprint density at radius 1 is 1.17 bits per heavy atom. The van der Waals surface area contributed by atoms with Gasteiger partial charge in [0.05, 0.1) is 18.0 Å². The minimum atomic E-state index is -0.00885. The fourth-order valence-electron chi connectivity index (χ4n) is 4.11. The van der Waals surface area contributed by atoms with E-state index in [0.29, 0.717) is 23.8 Å². The van der Waals surface area contributed by atoms with Crippen molar-refractivity contribution in [2.75, 3.05) is 30.8 Å². The quantitative estimate of drug-likeness (QED) is 0.735. The molecule has 2 aromatic carbocycles. The molecule has 6 heteroatoms. The molecule has 30 heavy (non-hydrogen) atoms. The molecule has 0 bridgehead atoms. The van der Waals surface area contributed by atoms with Crippen LogP contribution in [-0.2, 0) is 11.2 Å². The van der Waals surface area contributed by atoms with E-state index in [0.717, 1.165) is 55.1 Å². The van der Waals surface area contributed by atoms with Crippen LogP contribution in [0.5, 0.6) is 5.75 Å². The first-order chi connectivity index (χ1) is 14.6. The molecule has 2 aromatic rings. The average molecular weight is 425 g/mol. The van der Waals surface area contributed by atoms with Gasteiger partial charge >= 0.3 is 0 Å². The predicted octanol–water partition coefficient (Wildman–Crippen LogP) is 4.61. The first kappa shape index (κ1) is 20.8. The van der Waals surface area contributed by atoms with E-state index in [1.54, 1.807) is 0 Å². The molecule has 1 N–H and O–H groups in total. The molecular weight excluding hydrogens is 396 g/mol. The number of thioether (sulfide) groups is 1. The van der Waals surface area contributed by atoms with E-state index < -0.39 is 0 Å². The highest BCUT2D eigenvalue weighted by atomic mass is 32.2. The van der Waals surface area contributed by atoms with Crippen molar-refractivity contribution in [3.8, 4) is 5.75 Å². The van der Waals surface area contributed by atoms with Crippen molar-refractivity contribution in [2.45, 2.75) is 37.5 Å². The number of ether oxygens (including phenoxy) is 1. The molecule has 4 rings (SSSR count). The third-order valence-electron chi connectivity index (χ3n) is 5.84. The summed E-state index contributed by atoms with van der Waals surface area (Å²) < 4.78 is 5.50. The number of rotatable bonds is 6. The van der Waals surface area contributed by atoms with Crippen LogP contribution in [0.2, 0.25) is 0 Å². The molecule has 0 spiro atoms. The van der Waals surface area contributed by atoms with Crippen LogP contribution in [0, 0.1) is 5.92 Å². The smallest absolute Gasteiger partial charge is 0.253 e. The lowest BCUT2D eigenvalue weighted by Gasteiger charge is -2.32. The standard InChI is InChI=1S/C24H28N2O3S/c1-2-29-20-8-5-17(6-9-20)3-4-18-11-13-26(14-12-18)24(28)19-7-10-22-21(15-19)25-23(27)16-30-22/h5-10,15,18H,2-4,11-14,16H2,1H3,(H,25,27). The third kappa shape index (κ3) is 4.98. The Labute approximate surface area is 182 Å². The largest absolute Gasteiger partial charge is 0.494 e. The lowest BCUT2D eigenvalue weighted by Crippen LogP contribution is -2.38. The van der Waals surface area contributed by atoms with Crippen molar-refractivity contribution < 1.29 is 14.3 Å². The Bertz CT molecular complexity index is 905. The van der Waals surface area contributed by atoms with Crippen LogP contribution in [0.3, 0.4) is 0 Å². The summed E-state index contributed by atoms with van der Waals surface area (Å²) >= 11 is 1.52. The van der Waals surface area contributed by atoms with Crippen LogP contribution in [0.15, 0.2) is 47.4 Å². The second kappa shape index (κ2) is 9.56. The molecule has 2 aliphatic heterocycles. The van der Waals surface area contributed by atoms with Crippen LogP contribution in [0.4, 0.5) is 5.69 Å². The van der Waals surface area contributed by atoms with Crippen molar-refractivity contribution in [1.29, 1.82) is 0 Å².